The number of hydrogen-bond donors (Lipinski definition) is 2. The van der Waals surface area contributed by atoms with Gasteiger partial charge in [-0.2, -0.15) is 0 Å². The molecule has 0 fully saturated rings. The van der Waals surface area contributed by atoms with Crippen LogP contribution in [0.25, 0.3) is 0 Å². The Hall–Kier alpha value is -0.570. The van der Waals surface area contributed by atoms with Crippen molar-refractivity contribution >= 4 is 5.91 Å². The summed E-state index contributed by atoms with van der Waals surface area (Å²) in [7, 11) is 0. The Labute approximate surface area is 55.6 Å². The van der Waals surface area contributed by atoms with Gasteiger partial charge >= 0.3 is 0 Å². The maximum absolute atomic E-state index is 10.6. The lowest BCUT2D eigenvalue weighted by Crippen LogP contribution is -2.50. The van der Waals surface area contributed by atoms with E-state index < -0.39 is 5.66 Å². The average Bonchev–Trinajstić information content (AvgIpc) is 1.62. The monoisotopic (exact) mass is 130 g/mol. The van der Waals surface area contributed by atoms with Crippen LogP contribution in [0.2, 0.25) is 0 Å². The zero-order chi connectivity index (χ0) is 7.49. The Morgan fingerprint density at radius 2 is 2.11 bits per heavy atom. The standard InChI is InChI=1S/C6H14N2O/c1-4-5(9)8-6(2,3)7/h4,7H2,1-3H3,(H,8,9). The molecule has 0 aromatic rings. The molecule has 1 amide bonds. The number of rotatable bonds is 2. The minimum absolute atomic E-state index is 0.0116. The molecule has 3 heteroatoms. The zero-order valence-corrected chi connectivity index (χ0v) is 6.19. The molecule has 3 N–H and O–H groups in total. The van der Waals surface area contributed by atoms with Crippen LogP contribution in [0.15, 0.2) is 0 Å². The maximum atomic E-state index is 10.6. The van der Waals surface area contributed by atoms with Gasteiger partial charge in [-0.15, -0.1) is 0 Å². The van der Waals surface area contributed by atoms with Gasteiger partial charge in [-0.25, -0.2) is 0 Å². The molecule has 54 valence electrons. The van der Waals surface area contributed by atoms with Crippen molar-refractivity contribution in [2.45, 2.75) is 32.9 Å². The Kier molecular flexibility index (Phi) is 2.65. The second kappa shape index (κ2) is 2.82. The second-order valence-electron chi connectivity index (χ2n) is 2.62. The van der Waals surface area contributed by atoms with Crippen LogP contribution in [0.5, 0.6) is 0 Å². The van der Waals surface area contributed by atoms with Crippen LogP contribution in [-0.2, 0) is 4.79 Å². The van der Waals surface area contributed by atoms with Crippen LogP contribution in [0.3, 0.4) is 0 Å². The van der Waals surface area contributed by atoms with Crippen molar-refractivity contribution in [1.82, 2.24) is 5.32 Å². The molecular weight excluding hydrogens is 116 g/mol. The first kappa shape index (κ1) is 8.43. The van der Waals surface area contributed by atoms with Gasteiger partial charge in [0.1, 0.15) is 0 Å². The van der Waals surface area contributed by atoms with Crippen molar-refractivity contribution in [1.29, 1.82) is 0 Å². The number of nitrogens with two attached hydrogens (primary N) is 1. The van der Waals surface area contributed by atoms with E-state index in [1.54, 1.807) is 20.8 Å². The lowest BCUT2D eigenvalue weighted by molar-refractivity contribution is -0.122. The normalized spacial score (nSPS) is 11.1. The van der Waals surface area contributed by atoms with E-state index >= 15 is 0 Å². The summed E-state index contributed by atoms with van der Waals surface area (Å²) in [5.41, 5.74) is 4.90. The second-order valence-corrected chi connectivity index (χ2v) is 2.62. The van der Waals surface area contributed by atoms with Crippen LogP contribution >= 0.6 is 0 Å². The van der Waals surface area contributed by atoms with Crippen molar-refractivity contribution in [2.24, 2.45) is 5.73 Å². The molecule has 0 aliphatic heterocycles. The molecule has 9 heavy (non-hydrogen) atoms. The van der Waals surface area contributed by atoms with Gasteiger partial charge < -0.3 is 11.1 Å². The number of carbonyl (C=O) groups is 1. The molecule has 0 atom stereocenters. The van der Waals surface area contributed by atoms with E-state index in [9.17, 15) is 4.79 Å². The largest absolute Gasteiger partial charge is 0.339 e. The Balaban J connectivity index is 3.60. The summed E-state index contributed by atoms with van der Waals surface area (Å²) in [6, 6.07) is 0. The number of amides is 1. The summed E-state index contributed by atoms with van der Waals surface area (Å²) in [6.45, 7) is 5.29. The number of nitrogens with one attached hydrogen (secondary N) is 1. The quantitative estimate of drug-likeness (QED) is 0.525. The molecular formula is C6H14N2O. The van der Waals surface area contributed by atoms with E-state index in [-0.39, 0.29) is 5.91 Å². The van der Waals surface area contributed by atoms with Gasteiger partial charge in [-0.05, 0) is 13.8 Å². The van der Waals surface area contributed by atoms with E-state index in [4.69, 9.17) is 5.73 Å². The average molecular weight is 130 g/mol. The summed E-state index contributed by atoms with van der Waals surface area (Å²) < 4.78 is 0. The number of carbonyl (C=O) groups excluding carboxylic acids is 1. The smallest absolute Gasteiger partial charge is 0.221 e. The number of hydrogen-bond acceptors (Lipinski definition) is 2. The summed E-state index contributed by atoms with van der Waals surface area (Å²) in [6.07, 6.45) is 0.487. The fraction of sp³-hybridized carbons (Fsp3) is 0.833. The minimum Gasteiger partial charge on any atom is -0.339 e. The van der Waals surface area contributed by atoms with Gasteiger partial charge in [0.15, 0.2) is 0 Å². The van der Waals surface area contributed by atoms with Gasteiger partial charge in [0.05, 0.1) is 5.66 Å². The first-order valence-corrected chi connectivity index (χ1v) is 3.05. The van der Waals surface area contributed by atoms with Crippen molar-refractivity contribution in [3.8, 4) is 0 Å². The minimum atomic E-state index is -0.576. The van der Waals surface area contributed by atoms with Gasteiger partial charge in [0.25, 0.3) is 0 Å². The Morgan fingerprint density at radius 1 is 1.67 bits per heavy atom. The van der Waals surface area contributed by atoms with Gasteiger partial charge in [0, 0.05) is 6.42 Å². The fourth-order valence-corrected chi connectivity index (χ4v) is 0.448. The maximum Gasteiger partial charge on any atom is 0.221 e. The first-order chi connectivity index (χ1) is 3.95. The summed E-state index contributed by atoms with van der Waals surface area (Å²) >= 11 is 0. The first-order valence-electron chi connectivity index (χ1n) is 3.05. The summed E-state index contributed by atoms with van der Waals surface area (Å²) in [5.74, 6) is -0.0116. The third-order valence-electron chi connectivity index (χ3n) is 0.783. The summed E-state index contributed by atoms with van der Waals surface area (Å²) in [4.78, 5) is 10.6. The lowest BCUT2D eigenvalue weighted by Gasteiger charge is -2.19. The molecule has 0 aromatic heterocycles. The molecule has 0 rings (SSSR count). The molecule has 0 unspecified atom stereocenters. The Bertz CT molecular complexity index is 104. The van der Waals surface area contributed by atoms with E-state index in [1.165, 1.54) is 0 Å². The molecule has 0 aromatic carbocycles. The van der Waals surface area contributed by atoms with Gasteiger partial charge in [-0.3, -0.25) is 4.79 Å². The molecule has 0 aliphatic carbocycles. The zero-order valence-electron chi connectivity index (χ0n) is 6.19. The van der Waals surface area contributed by atoms with Crippen LogP contribution < -0.4 is 11.1 Å². The topological polar surface area (TPSA) is 55.1 Å². The fourth-order valence-electron chi connectivity index (χ4n) is 0.448. The van der Waals surface area contributed by atoms with E-state index in [1.807, 2.05) is 0 Å². The van der Waals surface area contributed by atoms with Crippen molar-refractivity contribution < 1.29 is 4.79 Å². The SMILES string of the molecule is CCC(=O)NC(C)(C)N. The highest BCUT2D eigenvalue weighted by Crippen LogP contribution is 1.89. The molecule has 0 radical (unpaired) electrons. The third kappa shape index (κ3) is 5.30. The van der Waals surface area contributed by atoms with Crippen molar-refractivity contribution in [3.05, 3.63) is 0 Å². The van der Waals surface area contributed by atoms with Gasteiger partial charge in [-0.1, -0.05) is 6.92 Å². The van der Waals surface area contributed by atoms with Crippen LogP contribution in [0, 0.1) is 0 Å². The molecule has 0 aliphatic rings. The predicted molar refractivity (Wildman–Crippen MR) is 36.7 cm³/mol. The summed E-state index contributed by atoms with van der Waals surface area (Å²) in [5, 5.41) is 2.61. The van der Waals surface area contributed by atoms with Crippen LogP contribution in [-0.4, -0.2) is 11.6 Å². The highest BCUT2D eigenvalue weighted by atomic mass is 16.1. The Morgan fingerprint density at radius 3 is 2.22 bits per heavy atom. The highest BCUT2D eigenvalue weighted by Gasteiger charge is 2.11. The predicted octanol–water partition coefficient (Wildman–Crippen LogP) is 0.207. The lowest BCUT2D eigenvalue weighted by atomic mass is 10.2. The van der Waals surface area contributed by atoms with Crippen LogP contribution in [0.4, 0.5) is 0 Å². The molecule has 0 bridgehead atoms. The van der Waals surface area contributed by atoms with E-state index in [0.29, 0.717) is 6.42 Å². The van der Waals surface area contributed by atoms with Crippen LogP contribution in [0.1, 0.15) is 27.2 Å². The highest BCUT2D eigenvalue weighted by molar-refractivity contribution is 5.76. The molecule has 0 saturated carbocycles. The molecule has 0 saturated heterocycles. The van der Waals surface area contributed by atoms with E-state index in [2.05, 4.69) is 5.32 Å². The van der Waals surface area contributed by atoms with Crippen molar-refractivity contribution in [3.63, 3.8) is 0 Å². The molecule has 0 spiro atoms. The van der Waals surface area contributed by atoms with Crippen molar-refractivity contribution in [2.75, 3.05) is 0 Å². The third-order valence-corrected chi connectivity index (χ3v) is 0.783. The molecule has 3 nitrogen and oxygen atoms in total. The molecule has 0 heterocycles. The van der Waals surface area contributed by atoms with Gasteiger partial charge in [0.2, 0.25) is 5.91 Å². The van der Waals surface area contributed by atoms with E-state index in [0.717, 1.165) is 0 Å².